The maximum atomic E-state index is 12.0. The topological polar surface area (TPSA) is 55.4 Å². The standard InChI is InChI=1S/C11H15BrNO3P/c1-3-16-17(2,15)11(12)13-10(14)9-7-5-4-6-8-9/h4-8,11H,3H2,1-2H3,(H,13,14). The summed E-state index contributed by atoms with van der Waals surface area (Å²) in [5, 5.41) is 2.61. The Morgan fingerprint density at radius 3 is 2.59 bits per heavy atom. The summed E-state index contributed by atoms with van der Waals surface area (Å²) in [6, 6.07) is 8.75. The fourth-order valence-corrected chi connectivity index (χ4v) is 2.78. The highest BCUT2D eigenvalue weighted by atomic mass is 79.9. The minimum Gasteiger partial charge on any atom is -0.331 e. The summed E-state index contributed by atoms with van der Waals surface area (Å²) in [4.78, 5) is 11.8. The van der Waals surface area contributed by atoms with Gasteiger partial charge in [0.25, 0.3) is 5.91 Å². The zero-order valence-electron chi connectivity index (χ0n) is 9.72. The van der Waals surface area contributed by atoms with Crippen LogP contribution < -0.4 is 5.32 Å². The SMILES string of the molecule is CCOP(C)(=O)C(Br)NC(=O)c1ccccc1. The quantitative estimate of drug-likeness (QED) is 0.515. The summed E-state index contributed by atoms with van der Waals surface area (Å²) in [5.41, 5.74) is 0.522. The Morgan fingerprint density at radius 1 is 1.47 bits per heavy atom. The first-order valence-electron chi connectivity index (χ1n) is 5.19. The van der Waals surface area contributed by atoms with E-state index >= 15 is 0 Å². The summed E-state index contributed by atoms with van der Waals surface area (Å²) in [6.45, 7) is 3.59. The second-order valence-electron chi connectivity index (χ2n) is 3.50. The van der Waals surface area contributed by atoms with Crippen molar-refractivity contribution >= 4 is 29.2 Å². The zero-order valence-corrected chi connectivity index (χ0v) is 12.2. The van der Waals surface area contributed by atoms with Crippen molar-refractivity contribution in [1.29, 1.82) is 0 Å². The lowest BCUT2D eigenvalue weighted by Gasteiger charge is -2.19. The highest BCUT2D eigenvalue weighted by Gasteiger charge is 2.28. The first-order chi connectivity index (χ1) is 7.97. The Labute approximate surface area is 109 Å². The molecule has 2 atom stereocenters. The first kappa shape index (κ1) is 14.4. The van der Waals surface area contributed by atoms with Crippen LogP contribution in [0.15, 0.2) is 30.3 Å². The van der Waals surface area contributed by atoms with Gasteiger partial charge in [0.2, 0.25) is 7.37 Å². The smallest absolute Gasteiger partial charge is 0.252 e. The van der Waals surface area contributed by atoms with E-state index in [-0.39, 0.29) is 5.91 Å². The molecular formula is C11H15BrNO3P. The molecule has 1 amide bonds. The third-order valence-electron chi connectivity index (χ3n) is 2.08. The Morgan fingerprint density at radius 2 is 2.06 bits per heavy atom. The molecule has 0 aliphatic carbocycles. The highest BCUT2D eigenvalue weighted by molar-refractivity contribution is 9.10. The number of carbonyl (C=O) groups is 1. The van der Waals surface area contributed by atoms with Crippen LogP contribution in [0.4, 0.5) is 0 Å². The van der Waals surface area contributed by atoms with E-state index in [9.17, 15) is 9.36 Å². The van der Waals surface area contributed by atoms with Gasteiger partial charge in [0.15, 0.2) is 4.69 Å². The number of alkyl halides is 1. The minimum absolute atomic E-state index is 0.283. The third-order valence-corrected chi connectivity index (χ3v) is 6.27. The van der Waals surface area contributed by atoms with E-state index in [1.807, 2.05) is 6.07 Å². The summed E-state index contributed by atoms with van der Waals surface area (Å²) < 4.78 is 16.4. The molecule has 1 rings (SSSR count). The van der Waals surface area contributed by atoms with Crippen molar-refractivity contribution in [2.75, 3.05) is 13.3 Å². The average Bonchev–Trinajstić information content (AvgIpc) is 2.30. The van der Waals surface area contributed by atoms with Crippen LogP contribution in [0.1, 0.15) is 17.3 Å². The van der Waals surface area contributed by atoms with Gasteiger partial charge in [-0.3, -0.25) is 9.36 Å². The number of benzene rings is 1. The molecule has 17 heavy (non-hydrogen) atoms. The number of rotatable bonds is 5. The molecule has 2 unspecified atom stereocenters. The van der Waals surface area contributed by atoms with E-state index < -0.39 is 12.1 Å². The molecule has 0 heterocycles. The largest absolute Gasteiger partial charge is 0.331 e. The van der Waals surface area contributed by atoms with Crippen LogP contribution in [-0.2, 0) is 9.09 Å². The number of amides is 1. The second kappa shape index (κ2) is 6.34. The van der Waals surface area contributed by atoms with Crippen LogP contribution in [-0.4, -0.2) is 23.9 Å². The summed E-state index contributed by atoms with van der Waals surface area (Å²) in [7, 11) is -2.87. The van der Waals surface area contributed by atoms with Crippen molar-refractivity contribution in [3.05, 3.63) is 35.9 Å². The molecule has 6 heteroatoms. The average molecular weight is 320 g/mol. The molecule has 0 aliphatic heterocycles. The number of hydrogen-bond acceptors (Lipinski definition) is 3. The molecular weight excluding hydrogens is 305 g/mol. The van der Waals surface area contributed by atoms with E-state index in [2.05, 4.69) is 21.2 Å². The van der Waals surface area contributed by atoms with Gasteiger partial charge < -0.3 is 9.84 Å². The molecule has 0 aliphatic rings. The normalized spacial score (nSPS) is 15.9. The first-order valence-corrected chi connectivity index (χ1v) is 8.24. The molecule has 0 radical (unpaired) electrons. The highest BCUT2D eigenvalue weighted by Crippen LogP contribution is 2.49. The fraction of sp³-hybridized carbons (Fsp3) is 0.364. The van der Waals surface area contributed by atoms with Gasteiger partial charge in [-0.25, -0.2) is 0 Å². The van der Waals surface area contributed by atoms with E-state index in [0.717, 1.165) is 0 Å². The summed E-state index contributed by atoms with van der Waals surface area (Å²) >= 11 is 3.18. The lowest BCUT2D eigenvalue weighted by molar-refractivity contribution is 0.0955. The third kappa shape index (κ3) is 4.26. The van der Waals surface area contributed by atoms with Crippen LogP contribution >= 0.6 is 23.3 Å². The van der Waals surface area contributed by atoms with Gasteiger partial charge >= 0.3 is 0 Å². The summed E-state index contributed by atoms with van der Waals surface area (Å²) in [6.07, 6.45) is 0. The van der Waals surface area contributed by atoms with Gasteiger partial charge in [-0.15, -0.1) is 0 Å². The van der Waals surface area contributed by atoms with Crippen LogP contribution in [0, 0.1) is 0 Å². The predicted molar refractivity (Wildman–Crippen MR) is 71.8 cm³/mol. The lowest BCUT2D eigenvalue weighted by atomic mass is 10.2. The molecule has 0 bridgehead atoms. The van der Waals surface area contributed by atoms with Crippen LogP contribution in [0.25, 0.3) is 0 Å². The van der Waals surface area contributed by atoms with E-state index in [1.165, 1.54) is 6.66 Å². The maximum absolute atomic E-state index is 12.0. The number of nitrogens with one attached hydrogen (secondary N) is 1. The molecule has 0 aromatic heterocycles. The predicted octanol–water partition coefficient (Wildman–Crippen LogP) is 3.04. The second-order valence-corrected chi connectivity index (χ2v) is 7.72. The maximum Gasteiger partial charge on any atom is 0.252 e. The van der Waals surface area contributed by atoms with Gasteiger partial charge in [0, 0.05) is 12.2 Å². The van der Waals surface area contributed by atoms with Crippen LogP contribution in [0.3, 0.4) is 0 Å². The Balaban J connectivity index is 2.67. The molecule has 94 valence electrons. The number of halogens is 1. The fourth-order valence-electron chi connectivity index (χ4n) is 1.22. The molecule has 1 aromatic rings. The Kier molecular flexibility index (Phi) is 5.37. The molecule has 0 fully saturated rings. The van der Waals surface area contributed by atoms with Gasteiger partial charge in [-0.05, 0) is 19.1 Å². The molecule has 0 saturated heterocycles. The monoisotopic (exact) mass is 319 g/mol. The van der Waals surface area contributed by atoms with Crippen molar-refractivity contribution in [2.24, 2.45) is 0 Å². The van der Waals surface area contributed by atoms with E-state index in [4.69, 9.17) is 4.52 Å². The van der Waals surface area contributed by atoms with Crippen molar-refractivity contribution in [2.45, 2.75) is 11.6 Å². The zero-order chi connectivity index (χ0) is 12.9. The Bertz CT molecular complexity index is 424. The minimum atomic E-state index is -2.87. The van der Waals surface area contributed by atoms with Crippen LogP contribution in [0.2, 0.25) is 0 Å². The van der Waals surface area contributed by atoms with Gasteiger partial charge in [-0.1, -0.05) is 34.1 Å². The van der Waals surface area contributed by atoms with Crippen molar-refractivity contribution < 1.29 is 13.9 Å². The lowest BCUT2D eigenvalue weighted by Crippen LogP contribution is -2.30. The van der Waals surface area contributed by atoms with Gasteiger partial charge in [0.1, 0.15) is 0 Å². The van der Waals surface area contributed by atoms with Crippen molar-refractivity contribution in [3.8, 4) is 0 Å². The number of carbonyl (C=O) groups excluding carboxylic acids is 1. The van der Waals surface area contributed by atoms with Gasteiger partial charge in [0.05, 0.1) is 6.61 Å². The van der Waals surface area contributed by atoms with E-state index in [0.29, 0.717) is 12.2 Å². The van der Waals surface area contributed by atoms with Crippen molar-refractivity contribution in [3.63, 3.8) is 0 Å². The van der Waals surface area contributed by atoms with E-state index in [1.54, 1.807) is 31.2 Å². The van der Waals surface area contributed by atoms with Crippen molar-refractivity contribution in [1.82, 2.24) is 5.32 Å². The molecule has 1 N–H and O–H groups in total. The molecule has 0 saturated carbocycles. The molecule has 0 spiro atoms. The Hall–Kier alpha value is -0.640. The van der Waals surface area contributed by atoms with Gasteiger partial charge in [-0.2, -0.15) is 0 Å². The molecule has 4 nitrogen and oxygen atoms in total. The number of hydrogen-bond donors (Lipinski definition) is 1. The molecule has 1 aromatic carbocycles. The van der Waals surface area contributed by atoms with Crippen LogP contribution in [0.5, 0.6) is 0 Å². The summed E-state index contributed by atoms with van der Waals surface area (Å²) in [5.74, 6) is -0.283.